The van der Waals surface area contributed by atoms with E-state index in [1.165, 1.54) is 7.11 Å². The molecular formula is C14H14ClNO3. The zero-order chi connectivity index (χ0) is 14.0. The van der Waals surface area contributed by atoms with Crippen molar-refractivity contribution < 1.29 is 14.3 Å². The first-order valence-electron chi connectivity index (χ1n) is 5.87. The van der Waals surface area contributed by atoms with Crippen LogP contribution in [0.15, 0.2) is 30.9 Å². The third-order valence-electron chi connectivity index (χ3n) is 3.15. The molecule has 1 saturated heterocycles. The molecule has 0 saturated carbocycles. The quantitative estimate of drug-likeness (QED) is 0.631. The van der Waals surface area contributed by atoms with E-state index in [2.05, 4.69) is 11.3 Å². The molecule has 0 aliphatic carbocycles. The highest BCUT2D eigenvalue weighted by Gasteiger charge is 2.30. The molecule has 1 aromatic rings. The standard InChI is InChI=1S/C14H14ClNO3/c1-3-9-6-13(17)16(8-9)12-7-10(14(18)19-2)4-5-11(12)15/h3-5,7,9H,1,6,8H2,2H3. The highest BCUT2D eigenvalue weighted by atomic mass is 35.5. The highest BCUT2D eigenvalue weighted by Crippen LogP contribution is 2.32. The first-order valence-corrected chi connectivity index (χ1v) is 6.25. The van der Waals surface area contributed by atoms with Gasteiger partial charge in [-0.3, -0.25) is 4.79 Å². The highest BCUT2D eigenvalue weighted by molar-refractivity contribution is 6.34. The fourth-order valence-electron chi connectivity index (χ4n) is 2.09. The lowest BCUT2D eigenvalue weighted by atomic mass is 10.1. The van der Waals surface area contributed by atoms with Gasteiger partial charge in [0.15, 0.2) is 0 Å². The molecule has 1 fully saturated rings. The number of amides is 1. The van der Waals surface area contributed by atoms with E-state index in [1.807, 2.05) is 0 Å². The molecule has 5 heteroatoms. The predicted molar refractivity (Wildman–Crippen MR) is 73.4 cm³/mol. The molecule has 0 N–H and O–H groups in total. The Morgan fingerprint density at radius 2 is 2.32 bits per heavy atom. The van der Waals surface area contributed by atoms with E-state index in [-0.39, 0.29) is 11.8 Å². The van der Waals surface area contributed by atoms with Crippen molar-refractivity contribution in [3.8, 4) is 0 Å². The summed E-state index contributed by atoms with van der Waals surface area (Å²) in [5.41, 5.74) is 0.913. The van der Waals surface area contributed by atoms with Crippen LogP contribution >= 0.6 is 11.6 Å². The molecule has 1 aromatic carbocycles. The van der Waals surface area contributed by atoms with Gasteiger partial charge in [0.25, 0.3) is 0 Å². The number of halogens is 1. The van der Waals surface area contributed by atoms with Gasteiger partial charge < -0.3 is 9.64 Å². The summed E-state index contributed by atoms with van der Waals surface area (Å²) in [6.45, 7) is 4.24. The first-order chi connectivity index (χ1) is 9.06. The summed E-state index contributed by atoms with van der Waals surface area (Å²) in [5.74, 6) is -0.357. The van der Waals surface area contributed by atoms with Gasteiger partial charge in [0, 0.05) is 18.9 Å². The number of ether oxygens (including phenoxy) is 1. The molecule has 2 rings (SSSR count). The number of carbonyl (C=O) groups excluding carboxylic acids is 2. The van der Waals surface area contributed by atoms with E-state index in [0.717, 1.165) is 0 Å². The minimum Gasteiger partial charge on any atom is -0.465 e. The molecule has 19 heavy (non-hydrogen) atoms. The third-order valence-corrected chi connectivity index (χ3v) is 3.47. The minimum atomic E-state index is -0.454. The summed E-state index contributed by atoms with van der Waals surface area (Å²) in [6.07, 6.45) is 2.18. The molecule has 1 aliphatic rings. The Morgan fingerprint density at radius 3 is 2.89 bits per heavy atom. The van der Waals surface area contributed by atoms with Crippen molar-refractivity contribution in [3.63, 3.8) is 0 Å². The third kappa shape index (κ3) is 2.63. The van der Waals surface area contributed by atoms with Gasteiger partial charge in [-0.2, -0.15) is 0 Å². The maximum atomic E-state index is 12.0. The lowest BCUT2D eigenvalue weighted by Gasteiger charge is -2.18. The van der Waals surface area contributed by atoms with E-state index in [9.17, 15) is 9.59 Å². The molecular weight excluding hydrogens is 266 g/mol. The SMILES string of the molecule is C=CC1CC(=O)N(c2cc(C(=O)OC)ccc2Cl)C1. The maximum absolute atomic E-state index is 12.0. The molecule has 100 valence electrons. The van der Waals surface area contributed by atoms with E-state index in [4.69, 9.17) is 11.6 Å². The van der Waals surface area contributed by atoms with Crippen LogP contribution in [-0.4, -0.2) is 25.5 Å². The van der Waals surface area contributed by atoms with Gasteiger partial charge in [0.05, 0.1) is 23.4 Å². The van der Waals surface area contributed by atoms with E-state index >= 15 is 0 Å². The summed E-state index contributed by atoms with van der Waals surface area (Å²) in [7, 11) is 1.31. The second-order valence-corrected chi connectivity index (χ2v) is 4.77. The molecule has 0 radical (unpaired) electrons. The van der Waals surface area contributed by atoms with Crippen LogP contribution in [0.3, 0.4) is 0 Å². The van der Waals surface area contributed by atoms with Crippen LogP contribution in [-0.2, 0) is 9.53 Å². The van der Waals surface area contributed by atoms with Crippen LogP contribution < -0.4 is 4.90 Å². The second-order valence-electron chi connectivity index (χ2n) is 4.36. The minimum absolute atomic E-state index is 0.0196. The van der Waals surface area contributed by atoms with Crippen LogP contribution in [0.4, 0.5) is 5.69 Å². The van der Waals surface area contributed by atoms with Crippen molar-refractivity contribution >= 4 is 29.2 Å². The Kier molecular flexibility index (Phi) is 3.90. The summed E-state index contributed by atoms with van der Waals surface area (Å²) < 4.78 is 4.66. The monoisotopic (exact) mass is 279 g/mol. The number of hydrogen-bond acceptors (Lipinski definition) is 3. The number of rotatable bonds is 3. The predicted octanol–water partition coefficient (Wildman–Crippen LogP) is 2.67. The Bertz CT molecular complexity index is 541. The summed E-state index contributed by atoms with van der Waals surface area (Å²) in [5, 5.41) is 0.436. The number of methoxy groups -OCH3 is 1. The molecule has 0 spiro atoms. The van der Waals surface area contributed by atoms with Crippen molar-refractivity contribution in [2.75, 3.05) is 18.6 Å². The van der Waals surface area contributed by atoms with Gasteiger partial charge in [-0.05, 0) is 18.2 Å². The number of anilines is 1. The van der Waals surface area contributed by atoms with Gasteiger partial charge in [0.2, 0.25) is 5.91 Å². The number of esters is 1. The zero-order valence-corrected chi connectivity index (χ0v) is 11.3. The molecule has 1 amide bonds. The average Bonchev–Trinajstić information content (AvgIpc) is 2.79. The fourth-order valence-corrected chi connectivity index (χ4v) is 2.31. The zero-order valence-electron chi connectivity index (χ0n) is 10.6. The molecule has 0 aromatic heterocycles. The number of hydrogen-bond donors (Lipinski definition) is 0. The number of benzene rings is 1. The Morgan fingerprint density at radius 1 is 1.58 bits per heavy atom. The van der Waals surface area contributed by atoms with Crippen LogP contribution in [0, 0.1) is 5.92 Å². The van der Waals surface area contributed by atoms with Gasteiger partial charge in [0.1, 0.15) is 0 Å². The lowest BCUT2D eigenvalue weighted by molar-refractivity contribution is -0.117. The van der Waals surface area contributed by atoms with Crippen LogP contribution in [0.1, 0.15) is 16.8 Å². The molecule has 1 unspecified atom stereocenters. The van der Waals surface area contributed by atoms with Crippen molar-refractivity contribution in [3.05, 3.63) is 41.4 Å². The average molecular weight is 280 g/mol. The smallest absolute Gasteiger partial charge is 0.337 e. The Labute approximate surface area is 116 Å². The topological polar surface area (TPSA) is 46.6 Å². The summed E-state index contributed by atoms with van der Waals surface area (Å²) >= 11 is 6.11. The molecule has 1 heterocycles. The van der Waals surface area contributed by atoms with Crippen molar-refractivity contribution in [2.24, 2.45) is 5.92 Å². The Hall–Kier alpha value is -1.81. The van der Waals surface area contributed by atoms with Gasteiger partial charge in [-0.15, -0.1) is 6.58 Å². The maximum Gasteiger partial charge on any atom is 0.337 e. The fraction of sp³-hybridized carbons (Fsp3) is 0.286. The largest absolute Gasteiger partial charge is 0.465 e. The van der Waals surface area contributed by atoms with Gasteiger partial charge in [-0.1, -0.05) is 17.7 Å². The van der Waals surface area contributed by atoms with Crippen molar-refractivity contribution in [1.29, 1.82) is 0 Å². The summed E-state index contributed by atoms with van der Waals surface area (Å²) in [6, 6.07) is 4.75. The van der Waals surface area contributed by atoms with E-state index in [0.29, 0.717) is 29.2 Å². The molecule has 1 atom stereocenters. The van der Waals surface area contributed by atoms with Crippen molar-refractivity contribution in [2.45, 2.75) is 6.42 Å². The molecule has 0 bridgehead atoms. The summed E-state index contributed by atoms with van der Waals surface area (Å²) in [4.78, 5) is 25.0. The van der Waals surface area contributed by atoms with Gasteiger partial charge in [-0.25, -0.2) is 4.79 Å². The van der Waals surface area contributed by atoms with Crippen LogP contribution in [0.2, 0.25) is 5.02 Å². The second kappa shape index (κ2) is 5.45. The van der Waals surface area contributed by atoms with Crippen LogP contribution in [0.25, 0.3) is 0 Å². The van der Waals surface area contributed by atoms with Crippen LogP contribution in [0.5, 0.6) is 0 Å². The number of carbonyl (C=O) groups is 2. The molecule has 1 aliphatic heterocycles. The first kappa shape index (κ1) is 13.6. The van der Waals surface area contributed by atoms with Crippen molar-refractivity contribution in [1.82, 2.24) is 0 Å². The number of nitrogens with zero attached hydrogens (tertiary/aromatic N) is 1. The molecule has 4 nitrogen and oxygen atoms in total. The Balaban J connectivity index is 2.36. The lowest BCUT2D eigenvalue weighted by Crippen LogP contribution is -2.25. The normalized spacial score (nSPS) is 18.5. The van der Waals surface area contributed by atoms with Gasteiger partial charge >= 0.3 is 5.97 Å². The van der Waals surface area contributed by atoms with E-state index in [1.54, 1.807) is 29.2 Å². The van der Waals surface area contributed by atoms with E-state index < -0.39 is 5.97 Å².